The van der Waals surface area contributed by atoms with E-state index >= 15 is 0 Å². The van der Waals surface area contributed by atoms with Gasteiger partial charge >= 0.3 is 5.97 Å². The molecule has 1 atom stereocenters. The van der Waals surface area contributed by atoms with Crippen LogP contribution in [0.4, 0.5) is 0 Å². The molecule has 2 saturated carbocycles. The van der Waals surface area contributed by atoms with Crippen molar-refractivity contribution in [2.24, 2.45) is 5.92 Å². The number of halogens is 1. The van der Waals surface area contributed by atoms with Crippen LogP contribution in [0.1, 0.15) is 79.4 Å². The summed E-state index contributed by atoms with van der Waals surface area (Å²) in [6, 6.07) is 9.77. The number of carbonyl (C=O) groups is 1. The average molecular weight is 498 g/mol. The summed E-state index contributed by atoms with van der Waals surface area (Å²) >= 11 is 6.59. The molecule has 2 N–H and O–H groups in total. The predicted molar refractivity (Wildman–Crippen MR) is 129 cm³/mol. The van der Waals surface area contributed by atoms with Crippen LogP contribution in [0.15, 0.2) is 35.1 Å². The third kappa shape index (κ3) is 5.73. The van der Waals surface area contributed by atoms with E-state index in [1.165, 1.54) is 25.7 Å². The summed E-state index contributed by atoms with van der Waals surface area (Å²) in [4.78, 5) is 27.7. The molecule has 184 valence electrons. The summed E-state index contributed by atoms with van der Waals surface area (Å²) in [6.07, 6.45) is 8.09. The van der Waals surface area contributed by atoms with Gasteiger partial charge in [0.2, 0.25) is 5.82 Å². The van der Waals surface area contributed by atoms with Gasteiger partial charge in [0.15, 0.2) is 13.2 Å². The molecule has 2 aromatic heterocycles. The van der Waals surface area contributed by atoms with E-state index in [2.05, 4.69) is 26.5 Å². The molecule has 3 aromatic rings. The molecule has 9 nitrogen and oxygen atoms in total. The van der Waals surface area contributed by atoms with Crippen LogP contribution in [0.25, 0.3) is 0 Å². The Bertz CT molecular complexity index is 1260. The van der Waals surface area contributed by atoms with Crippen molar-refractivity contribution in [3.05, 3.63) is 68.4 Å². The van der Waals surface area contributed by atoms with Crippen molar-refractivity contribution in [3.63, 3.8) is 0 Å². The summed E-state index contributed by atoms with van der Waals surface area (Å²) in [7, 11) is 0. The first-order valence-corrected chi connectivity index (χ1v) is 12.5. The van der Waals surface area contributed by atoms with Crippen LogP contribution in [0.5, 0.6) is 5.75 Å². The molecule has 0 aliphatic heterocycles. The minimum Gasteiger partial charge on any atom is -0.484 e. The number of aliphatic carboxylic acids is 1. The van der Waals surface area contributed by atoms with Crippen molar-refractivity contribution < 1.29 is 14.6 Å². The summed E-state index contributed by atoms with van der Waals surface area (Å²) in [6.45, 7) is -0.352. The molecule has 2 fully saturated rings. The standard InChI is InChI=1S/C25H28ClN5O4/c26-20-12-17(7-10-22(20)35-14-23-28-30-31(29-23)13-24(32)33)19(11-15-3-1-2-4-15)21-9-8-18(16-5-6-16)25(34)27-21/h7-10,12,15-16,19H,1-6,11,13-14H2,(H,27,34)(H,32,33). The fraction of sp³-hybridized carbons (Fsp3) is 0.480. The molecule has 1 aromatic carbocycles. The zero-order valence-electron chi connectivity index (χ0n) is 19.3. The van der Waals surface area contributed by atoms with Gasteiger partial charge in [-0.15, -0.1) is 10.2 Å². The highest BCUT2D eigenvalue weighted by atomic mass is 35.5. The minimum absolute atomic E-state index is 0.0140. The molecule has 5 rings (SSSR count). The maximum Gasteiger partial charge on any atom is 0.327 e. The van der Waals surface area contributed by atoms with E-state index in [-0.39, 0.29) is 30.5 Å². The highest BCUT2D eigenvalue weighted by molar-refractivity contribution is 6.32. The second kappa shape index (κ2) is 10.2. The van der Waals surface area contributed by atoms with Gasteiger partial charge in [-0.25, -0.2) is 0 Å². The number of pyridine rings is 1. The number of aromatic nitrogens is 5. The zero-order chi connectivity index (χ0) is 24.4. The van der Waals surface area contributed by atoms with Crippen LogP contribution in [0, 0.1) is 5.92 Å². The largest absolute Gasteiger partial charge is 0.484 e. The second-order valence-electron chi connectivity index (χ2n) is 9.52. The van der Waals surface area contributed by atoms with Crippen LogP contribution >= 0.6 is 11.6 Å². The number of nitrogens with one attached hydrogen (secondary N) is 1. The monoisotopic (exact) mass is 497 g/mol. The topological polar surface area (TPSA) is 123 Å². The number of rotatable bonds is 10. The first-order chi connectivity index (χ1) is 17.0. The number of H-pyrrole nitrogens is 1. The summed E-state index contributed by atoms with van der Waals surface area (Å²) in [5.41, 5.74) is 2.88. The molecule has 2 aliphatic rings. The van der Waals surface area contributed by atoms with Crippen molar-refractivity contribution in [3.8, 4) is 5.75 Å². The zero-order valence-corrected chi connectivity index (χ0v) is 20.1. The minimum atomic E-state index is -1.05. The van der Waals surface area contributed by atoms with E-state index in [4.69, 9.17) is 21.4 Å². The molecule has 1 unspecified atom stereocenters. The number of tetrazole rings is 1. The van der Waals surface area contributed by atoms with Gasteiger partial charge in [-0.3, -0.25) is 9.59 Å². The van der Waals surface area contributed by atoms with Gasteiger partial charge in [0, 0.05) is 17.2 Å². The third-order valence-corrected chi connectivity index (χ3v) is 7.18. The SMILES string of the molecule is O=C(O)Cn1nnc(COc2ccc(C(CC3CCCC3)c3ccc(C4CC4)c(=O)[nH]3)cc2Cl)n1. The highest BCUT2D eigenvalue weighted by Gasteiger charge is 2.28. The van der Waals surface area contributed by atoms with Gasteiger partial charge < -0.3 is 14.8 Å². The number of carboxylic acids is 1. The molecule has 2 aliphatic carbocycles. The highest BCUT2D eigenvalue weighted by Crippen LogP contribution is 2.41. The summed E-state index contributed by atoms with van der Waals surface area (Å²) in [5.74, 6) is 0.765. The molecular weight excluding hydrogens is 470 g/mol. The number of nitrogens with zero attached hydrogens (tertiary/aromatic N) is 4. The number of carboxylic acid groups (broad SMARTS) is 1. The van der Waals surface area contributed by atoms with E-state index in [0.717, 1.165) is 40.9 Å². The van der Waals surface area contributed by atoms with Crippen molar-refractivity contribution in [2.75, 3.05) is 0 Å². The molecule has 2 heterocycles. The van der Waals surface area contributed by atoms with Crippen molar-refractivity contribution >= 4 is 17.6 Å². The number of hydrogen-bond donors (Lipinski definition) is 2. The molecule has 0 bridgehead atoms. The molecule has 0 saturated heterocycles. The number of benzene rings is 1. The van der Waals surface area contributed by atoms with E-state index in [9.17, 15) is 9.59 Å². The number of ether oxygens (including phenoxy) is 1. The van der Waals surface area contributed by atoms with Gasteiger partial charge in [0.1, 0.15) is 5.75 Å². The lowest BCUT2D eigenvalue weighted by Crippen LogP contribution is -2.17. The lowest BCUT2D eigenvalue weighted by atomic mass is 9.85. The van der Waals surface area contributed by atoms with E-state index in [1.54, 1.807) is 0 Å². The maximum atomic E-state index is 12.7. The van der Waals surface area contributed by atoms with Crippen LogP contribution in [0.3, 0.4) is 0 Å². The molecule has 35 heavy (non-hydrogen) atoms. The van der Waals surface area contributed by atoms with E-state index in [0.29, 0.717) is 22.6 Å². The average Bonchev–Trinajstić information content (AvgIpc) is 3.34. The molecular formula is C25H28ClN5O4. The molecule has 0 amide bonds. The van der Waals surface area contributed by atoms with Gasteiger partial charge in [0.05, 0.1) is 5.02 Å². The number of aromatic amines is 1. The van der Waals surface area contributed by atoms with E-state index < -0.39 is 5.97 Å². The quantitative estimate of drug-likeness (QED) is 0.428. The Morgan fingerprint density at radius 1 is 1.20 bits per heavy atom. The summed E-state index contributed by atoms with van der Waals surface area (Å²) < 4.78 is 5.77. The fourth-order valence-corrected chi connectivity index (χ4v) is 5.20. The smallest absolute Gasteiger partial charge is 0.327 e. The van der Waals surface area contributed by atoms with Gasteiger partial charge in [0.25, 0.3) is 5.56 Å². The van der Waals surface area contributed by atoms with E-state index in [1.807, 2.05) is 24.3 Å². The Labute approximate surface area is 207 Å². The Morgan fingerprint density at radius 3 is 2.69 bits per heavy atom. The maximum absolute atomic E-state index is 12.7. The third-order valence-electron chi connectivity index (χ3n) is 6.88. The first-order valence-electron chi connectivity index (χ1n) is 12.1. The van der Waals surface area contributed by atoms with Gasteiger partial charge in [-0.2, -0.15) is 4.80 Å². The lowest BCUT2D eigenvalue weighted by molar-refractivity contribution is -0.138. The van der Waals surface area contributed by atoms with Crippen LogP contribution in [0.2, 0.25) is 5.02 Å². The Balaban J connectivity index is 1.34. The molecule has 0 spiro atoms. The van der Waals surface area contributed by atoms with Crippen LogP contribution in [-0.2, 0) is 17.9 Å². The lowest BCUT2D eigenvalue weighted by Gasteiger charge is -2.22. The Morgan fingerprint density at radius 2 is 2.00 bits per heavy atom. The van der Waals surface area contributed by atoms with Crippen molar-refractivity contribution in [1.29, 1.82) is 0 Å². The molecule has 10 heteroatoms. The van der Waals surface area contributed by atoms with Crippen LogP contribution < -0.4 is 10.3 Å². The molecule has 0 radical (unpaired) electrons. The van der Waals surface area contributed by atoms with Gasteiger partial charge in [-0.05, 0) is 60.1 Å². The number of hydrogen-bond acceptors (Lipinski definition) is 6. The Kier molecular flexibility index (Phi) is 6.86. The second-order valence-corrected chi connectivity index (χ2v) is 9.93. The van der Waals surface area contributed by atoms with Crippen molar-refractivity contribution in [2.45, 2.75) is 69.9 Å². The summed E-state index contributed by atoms with van der Waals surface area (Å²) in [5, 5.41) is 20.8. The predicted octanol–water partition coefficient (Wildman–Crippen LogP) is 4.27. The van der Waals surface area contributed by atoms with Crippen molar-refractivity contribution in [1.82, 2.24) is 25.2 Å². The normalized spacial score (nSPS) is 16.9. The first kappa shape index (κ1) is 23.5. The van der Waals surface area contributed by atoms with Crippen LogP contribution in [-0.4, -0.2) is 36.3 Å². The van der Waals surface area contributed by atoms with Gasteiger partial charge in [-0.1, -0.05) is 49.4 Å². The Hall–Kier alpha value is -3.20. The fourth-order valence-electron chi connectivity index (χ4n) is 4.96.